The molecule has 0 aliphatic rings. The van der Waals surface area contributed by atoms with Gasteiger partial charge in [-0.1, -0.05) is 29.8 Å². The minimum Gasteiger partial charge on any atom is -0.486 e. The second-order valence-electron chi connectivity index (χ2n) is 7.14. The average Bonchev–Trinajstić information content (AvgIpc) is 3.32. The fraction of sp³-hybridized carbons (Fsp3) is 0.174. The molecule has 0 fully saturated rings. The average molecular weight is 469 g/mol. The first-order valence-corrected chi connectivity index (χ1v) is 11.1. The fourth-order valence-electron chi connectivity index (χ4n) is 3.23. The van der Waals surface area contributed by atoms with E-state index in [0.29, 0.717) is 28.8 Å². The summed E-state index contributed by atoms with van der Waals surface area (Å²) in [6.45, 7) is 2.10. The zero-order valence-corrected chi connectivity index (χ0v) is 19.1. The van der Waals surface area contributed by atoms with Gasteiger partial charge in [0, 0.05) is 17.5 Å². The summed E-state index contributed by atoms with van der Waals surface area (Å²) < 4.78 is 8.94. The number of anilines is 1. The van der Waals surface area contributed by atoms with Crippen molar-refractivity contribution < 1.29 is 9.53 Å². The molecule has 0 unspecified atom stereocenters. The lowest BCUT2D eigenvalue weighted by Gasteiger charge is -2.07. The number of amides is 1. The zero-order chi connectivity index (χ0) is 22.7. The number of nitrogens with zero attached hydrogens (tertiary/aromatic N) is 3. The maximum absolute atomic E-state index is 12.9. The molecule has 0 saturated heterocycles. The van der Waals surface area contributed by atoms with Crippen LogP contribution in [-0.4, -0.2) is 20.3 Å². The van der Waals surface area contributed by atoms with Crippen molar-refractivity contribution in [3.05, 3.63) is 91.7 Å². The highest BCUT2D eigenvalue weighted by atomic mass is 35.5. The predicted molar refractivity (Wildman–Crippen MR) is 126 cm³/mol. The molecule has 32 heavy (non-hydrogen) atoms. The van der Waals surface area contributed by atoms with Gasteiger partial charge in [-0.15, -0.1) is 11.3 Å². The van der Waals surface area contributed by atoms with Gasteiger partial charge in [0.2, 0.25) is 5.91 Å². The maximum Gasteiger partial charge on any atom is 0.295 e. The lowest BCUT2D eigenvalue weighted by atomic mass is 10.3. The summed E-state index contributed by atoms with van der Waals surface area (Å²) in [6, 6.07) is 16.4. The quantitative estimate of drug-likeness (QED) is 0.437. The molecule has 2 heterocycles. The van der Waals surface area contributed by atoms with E-state index in [9.17, 15) is 9.59 Å². The topological polar surface area (TPSA) is 78.2 Å². The minimum absolute atomic E-state index is 0.0660. The van der Waals surface area contributed by atoms with Gasteiger partial charge in [0.25, 0.3) is 5.56 Å². The standard InChI is InChI=1S/C23H21ClN4O3S/c1-15-22(23(30)28(27(15)2)18-6-4-3-5-7-18)26-20(29)12-17-14-32-21(25-17)13-31-19-10-8-16(24)9-11-19/h3-11,14H,12-13H2,1-2H3,(H,26,29). The highest BCUT2D eigenvalue weighted by molar-refractivity contribution is 7.09. The number of aromatic nitrogens is 3. The monoisotopic (exact) mass is 468 g/mol. The number of nitrogens with one attached hydrogen (secondary N) is 1. The Balaban J connectivity index is 1.41. The molecule has 4 rings (SSSR count). The van der Waals surface area contributed by atoms with Crippen LogP contribution in [0, 0.1) is 6.92 Å². The normalized spacial score (nSPS) is 10.8. The van der Waals surface area contributed by atoms with Crippen molar-refractivity contribution in [2.75, 3.05) is 5.32 Å². The van der Waals surface area contributed by atoms with Crippen molar-refractivity contribution in [3.8, 4) is 11.4 Å². The second kappa shape index (κ2) is 9.42. The number of carbonyl (C=O) groups is 1. The van der Waals surface area contributed by atoms with E-state index in [0.717, 1.165) is 10.7 Å². The molecular weight excluding hydrogens is 448 g/mol. The van der Waals surface area contributed by atoms with Gasteiger partial charge in [0.15, 0.2) is 0 Å². The summed E-state index contributed by atoms with van der Waals surface area (Å²) in [6.07, 6.45) is 0.0660. The Labute approximate surface area is 193 Å². The molecular formula is C23H21ClN4O3S. The summed E-state index contributed by atoms with van der Waals surface area (Å²) in [7, 11) is 1.78. The van der Waals surface area contributed by atoms with Gasteiger partial charge in [-0.2, -0.15) is 0 Å². The van der Waals surface area contributed by atoms with Gasteiger partial charge in [0.1, 0.15) is 23.1 Å². The first-order chi connectivity index (χ1) is 15.4. The van der Waals surface area contributed by atoms with Gasteiger partial charge < -0.3 is 10.1 Å². The third-order valence-electron chi connectivity index (χ3n) is 4.94. The van der Waals surface area contributed by atoms with Gasteiger partial charge in [-0.25, -0.2) is 9.67 Å². The molecule has 0 atom stereocenters. The van der Waals surface area contributed by atoms with Crippen molar-refractivity contribution in [3.63, 3.8) is 0 Å². The number of carbonyl (C=O) groups excluding carboxylic acids is 1. The summed E-state index contributed by atoms with van der Waals surface area (Å²) >= 11 is 7.29. The lowest BCUT2D eigenvalue weighted by molar-refractivity contribution is -0.115. The fourth-order valence-corrected chi connectivity index (χ4v) is 4.06. The van der Waals surface area contributed by atoms with E-state index in [1.165, 1.54) is 16.0 Å². The Morgan fingerprint density at radius 3 is 2.59 bits per heavy atom. The van der Waals surface area contributed by atoms with Crippen molar-refractivity contribution in [1.29, 1.82) is 0 Å². The van der Waals surface area contributed by atoms with Gasteiger partial charge in [0.05, 0.1) is 23.5 Å². The van der Waals surface area contributed by atoms with Crippen LogP contribution in [0.4, 0.5) is 5.69 Å². The number of rotatable bonds is 7. The molecule has 0 spiro atoms. The van der Waals surface area contributed by atoms with Gasteiger partial charge in [-0.3, -0.25) is 14.3 Å². The van der Waals surface area contributed by atoms with E-state index in [1.807, 2.05) is 35.7 Å². The molecule has 2 aromatic carbocycles. The molecule has 1 N–H and O–H groups in total. The van der Waals surface area contributed by atoms with Crippen LogP contribution < -0.4 is 15.6 Å². The molecule has 1 amide bonds. The molecule has 4 aromatic rings. The van der Waals surface area contributed by atoms with E-state index in [4.69, 9.17) is 16.3 Å². The van der Waals surface area contributed by atoms with Crippen LogP contribution in [0.15, 0.2) is 64.8 Å². The molecule has 2 aromatic heterocycles. The summed E-state index contributed by atoms with van der Waals surface area (Å²) in [5, 5.41) is 5.98. The third kappa shape index (κ3) is 4.76. The highest BCUT2D eigenvalue weighted by Gasteiger charge is 2.18. The largest absolute Gasteiger partial charge is 0.486 e. The van der Waals surface area contributed by atoms with Crippen LogP contribution in [0.1, 0.15) is 16.4 Å². The van der Waals surface area contributed by atoms with E-state index in [2.05, 4.69) is 10.3 Å². The maximum atomic E-state index is 12.9. The Morgan fingerprint density at radius 1 is 1.16 bits per heavy atom. The first kappa shape index (κ1) is 21.9. The third-order valence-corrected chi connectivity index (χ3v) is 6.06. The molecule has 0 bridgehead atoms. The summed E-state index contributed by atoms with van der Waals surface area (Å²) in [5.41, 5.74) is 2.01. The van der Waals surface area contributed by atoms with E-state index >= 15 is 0 Å². The second-order valence-corrected chi connectivity index (χ2v) is 8.52. The van der Waals surface area contributed by atoms with Crippen LogP contribution in [-0.2, 0) is 24.9 Å². The number of thiazole rings is 1. The lowest BCUT2D eigenvalue weighted by Crippen LogP contribution is -2.23. The SMILES string of the molecule is Cc1c(NC(=O)Cc2csc(COc3ccc(Cl)cc3)n2)c(=O)n(-c2ccccc2)n1C. The van der Waals surface area contributed by atoms with E-state index in [1.54, 1.807) is 42.9 Å². The van der Waals surface area contributed by atoms with E-state index < -0.39 is 0 Å². The number of benzene rings is 2. The Bertz CT molecular complexity index is 1290. The van der Waals surface area contributed by atoms with Crippen LogP contribution >= 0.6 is 22.9 Å². The van der Waals surface area contributed by atoms with E-state index in [-0.39, 0.29) is 23.6 Å². The predicted octanol–water partition coefficient (Wildman–Crippen LogP) is 4.35. The van der Waals surface area contributed by atoms with Crippen molar-refractivity contribution in [1.82, 2.24) is 14.3 Å². The number of halogens is 1. The first-order valence-electron chi connectivity index (χ1n) is 9.88. The van der Waals surface area contributed by atoms with Crippen molar-refractivity contribution in [2.24, 2.45) is 7.05 Å². The summed E-state index contributed by atoms with van der Waals surface area (Å²) in [5.74, 6) is 0.393. The Morgan fingerprint density at radius 2 is 1.88 bits per heavy atom. The molecule has 7 nitrogen and oxygen atoms in total. The van der Waals surface area contributed by atoms with Crippen LogP contribution in [0.25, 0.3) is 5.69 Å². The molecule has 0 radical (unpaired) electrons. The minimum atomic E-state index is -0.300. The van der Waals surface area contributed by atoms with Crippen LogP contribution in [0.3, 0.4) is 0 Å². The van der Waals surface area contributed by atoms with Gasteiger partial charge in [-0.05, 0) is 43.3 Å². The number of ether oxygens (including phenoxy) is 1. The van der Waals surface area contributed by atoms with Crippen LogP contribution in [0.5, 0.6) is 5.75 Å². The molecule has 164 valence electrons. The number of hydrogen-bond donors (Lipinski definition) is 1. The molecule has 9 heteroatoms. The molecule has 0 aliphatic heterocycles. The van der Waals surface area contributed by atoms with Crippen molar-refractivity contribution >= 4 is 34.5 Å². The Kier molecular flexibility index (Phi) is 6.43. The van der Waals surface area contributed by atoms with Crippen LogP contribution in [0.2, 0.25) is 5.02 Å². The van der Waals surface area contributed by atoms with Crippen molar-refractivity contribution in [2.45, 2.75) is 20.0 Å². The molecule has 0 saturated carbocycles. The number of hydrogen-bond acceptors (Lipinski definition) is 5. The molecule has 0 aliphatic carbocycles. The number of para-hydroxylation sites is 1. The van der Waals surface area contributed by atoms with Gasteiger partial charge >= 0.3 is 0 Å². The summed E-state index contributed by atoms with van der Waals surface area (Å²) in [4.78, 5) is 30.0. The zero-order valence-electron chi connectivity index (χ0n) is 17.5. The Hall–Kier alpha value is -3.36. The highest BCUT2D eigenvalue weighted by Crippen LogP contribution is 2.19. The smallest absolute Gasteiger partial charge is 0.295 e.